The number of benzene rings is 1. The zero-order chi connectivity index (χ0) is 12.6. The van der Waals surface area contributed by atoms with Crippen LogP contribution in [0.1, 0.15) is 12.0 Å². The van der Waals surface area contributed by atoms with Gasteiger partial charge in [0.25, 0.3) is 5.79 Å². The van der Waals surface area contributed by atoms with Gasteiger partial charge in [-0.15, -0.1) is 0 Å². The molecule has 0 aromatic heterocycles. The number of Topliss-reactive ketones (excluding diaryl/α,β-unsaturated/α-hetero) is 1. The second-order valence-corrected chi connectivity index (χ2v) is 4.70. The molecule has 0 saturated carbocycles. The summed E-state index contributed by atoms with van der Waals surface area (Å²) in [5.41, 5.74) is 0.889. The lowest BCUT2D eigenvalue weighted by molar-refractivity contribution is -0.173. The third-order valence-electron chi connectivity index (χ3n) is 3.39. The average molecular weight is 242 g/mol. The molecule has 0 amide bonds. The monoisotopic (exact) mass is 242 g/mol. The second kappa shape index (κ2) is 4.10. The summed E-state index contributed by atoms with van der Waals surface area (Å²) in [5, 5.41) is 10.4. The molecule has 1 aromatic carbocycles. The van der Waals surface area contributed by atoms with Crippen LogP contribution in [0.25, 0.3) is 0 Å². The predicted molar refractivity (Wildman–Crippen MR) is 66.5 cm³/mol. The molecule has 1 N–H and O–H groups in total. The van der Waals surface area contributed by atoms with E-state index in [1.165, 1.54) is 0 Å². The number of hydrogen-bond donors (Lipinski definition) is 1. The molecule has 0 bridgehead atoms. The van der Waals surface area contributed by atoms with Crippen molar-refractivity contribution >= 4 is 5.78 Å². The van der Waals surface area contributed by atoms with Crippen LogP contribution in [0.2, 0.25) is 0 Å². The highest BCUT2D eigenvalue weighted by molar-refractivity contribution is 5.93. The molecule has 92 valence electrons. The van der Waals surface area contributed by atoms with Crippen LogP contribution < -0.4 is 0 Å². The summed E-state index contributed by atoms with van der Waals surface area (Å²) in [6.45, 7) is 0. The first-order valence-corrected chi connectivity index (χ1v) is 6.05. The van der Waals surface area contributed by atoms with Gasteiger partial charge in [-0.05, 0) is 18.1 Å². The van der Waals surface area contributed by atoms with Gasteiger partial charge in [-0.1, -0.05) is 42.5 Å². The molecule has 1 fully saturated rings. The molecular weight excluding hydrogens is 228 g/mol. The van der Waals surface area contributed by atoms with Crippen LogP contribution in [0.5, 0.6) is 0 Å². The fraction of sp³-hybridized carbons (Fsp3) is 0.267. The van der Waals surface area contributed by atoms with Crippen molar-refractivity contribution in [1.29, 1.82) is 0 Å². The Hall–Kier alpha value is -1.87. The molecule has 1 aliphatic carbocycles. The minimum Gasteiger partial charge on any atom is -0.458 e. The van der Waals surface area contributed by atoms with Crippen molar-refractivity contribution in [2.45, 2.75) is 18.6 Å². The molecule has 2 unspecified atom stereocenters. The van der Waals surface area contributed by atoms with E-state index in [1.54, 1.807) is 6.08 Å². The number of hydrogen-bond acceptors (Lipinski definition) is 3. The van der Waals surface area contributed by atoms with Crippen LogP contribution in [0.4, 0.5) is 0 Å². The predicted octanol–water partition coefficient (Wildman–Crippen LogP) is 1.98. The summed E-state index contributed by atoms with van der Waals surface area (Å²) in [5.74, 6) is -1.67. The van der Waals surface area contributed by atoms with Crippen molar-refractivity contribution in [3.05, 3.63) is 59.9 Å². The van der Waals surface area contributed by atoms with Crippen LogP contribution in [0.3, 0.4) is 0 Å². The van der Waals surface area contributed by atoms with E-state index in [-0.39, 0.29) is 18.1 Å². The molecular formula is C15H14O3. The fourth-order valence-corrected chi connectivity index (χ4v) is 2.46. The Kier molecular flexibility index (Phi) is 2.56. The van der Waals surface area contributed by atoms with Gasteiger partial charge in [-0.25, -0.2) is 0 Å². The quantitative estimate of drug-likeness (QED) is 0.862. The van der Waals surface area contributed by atoms with E-state index in [0.29, 0.717) is 12.2 Å². The van der Waals surface area contributed by atoms with E-state index >= 15 is 0 Å². The number of allylic oxidation sites excluding steroid dienone is 4. The van der Waals surface area contributed by atoms with E-state index in [2.05, 4.69) is 0 Å². The zero-order valence-electron chi connectivity index (χ0n) is 9.87. The number of aliphatic hydroxyl groups is 1. The number of ketones is 1. The maximum Gasteiger partial charge on any atom is 0.272 e. The lowest BCUT2D eigenvalue weighted by Crippen LogP contribution is -2.39. The van der Waals surface area contributed by atoms with Crippen LogP contribution in [0.15, 0.2) is 54.3 Å². The molecule has 3 rings (SSSR count). The molecule has 2 aliphatic rings. The molecule has 1 aromatic rings. The van der Waals surface area contributed by atoms with E-state index in [4.69, 9.17) is 4.74 Å². The standard InChI is InChI=1S/C15H14O3/c16-14-12-8-4-5-9-13(12)18-15(14,17)10-11-6-2-1-3-7-11/h1-7,9,12,17H,8,10H2. The summed E-state index contributed by atoms with van der Waals surface area (Å²) in [4.78, 5) is 12.2. The summed E-state index contributed by atoms with van der Waals surface area (Å²) in [7, 11) is 0. The highest BCUT2D eigenvalue weighted by Gasteiger charge is 2.51. The van der Waals surface area contributed by atoms with E-state index in [1.807, 2.05) is 42.5 Å². The van der Waals surface area contributed by atoms with Gasteiger partial charge in [0, 0.05) is 6.42 Å². The van der Waals surface area contributed by atoms with Gasteiger partial charge in [0.2, 0.25) is 5.78 Å². The lowest BCUT2D eigenvalue weighted by atomic mass is 9.90. The Bertz CT molecular complexity index is 530. The van der Waals surface area contributed by atoms with E-state index in [9.17, 15) is 9.90 Å². The molecule has 18 heavy (non-hydrogen) atoms. The first kappa shape index (κ1) is 11.2. The normalized spacial score (nSPS) is 29.7. The van der Waals surface area contributed by atoms with E-state index < -0.39 is 5.79 Å². The van der Waals surface area contributed by atoms with Crippen molar-refractivity contribution in [3.8, 4) is 0 Å². The van der Waals surface area contributed by atoms with Crippen molar-refractivity contribution < 1.29 is 14.6 Å². The van der Waals surface area contributed by atoms with Crippen molar-refractivity contribution in [1.82, 2.24) is 0 Å². The first-order valence-electron chi connectivity index (χ1n) is 6.05. The molecule has 3 nitrogen and oxygen atoms in total. The van der Waals surface area contributed by atoms with Crippen LogP contribution in [-0.4, -0.2) is 16.7 Å². The fourth-order valence-electron chi connectivity index (χ4n) is 2.46. The number of carbonyl (C=O) groups is 1. The summed E-state index contributed by atoms with van der Waals surface area (Å²) >= 11 is 0. The maximum atomic E-state index is 12.2. The highest BCUT2D eigenvalue weighted by Crippen LogP contribution is 2.38. The Labute approximate surface area is 105 Å². The third kappa shape index (κ3) is 1.77. The Morgan fingerprint density at radius 3 is 2.83 bits per heavy atom. The van der Waals surface area contributed by atoms with Gasteiger partial charge >= 0.3 is 0 Å². The highest BCUT2D eigenvalue weighted by atomic mass is 16.6. The second-order valence-electron chi connectivity index (χ2n) is 4.70. The zero-order valence-corrected chi connectivity index (χ0v) is 9.87. The molecule has 0 radical (unpaired) electrons. The first-order chi connectivity index (χ1) is 8.69. The van der Waals surface area contributed by atoms with Crippen LogP contribution in [0, 0.1) is 5.92 Å². The number of fused-ring (bicyclic) bond motifs is 1. The molecule has 1 saturated heterocycles. The SMILES string of the molecule is O=C1C2CC=CC=C2OC1(O)Cc1ccccc1. The summed E-state index contributed by atoms with van der Waals surface area (Å²) in [6, 6.07) is 9.42. The maximum absolute atomic E-state index is 12.2. The summed E-state index contributed by atoms with van der Waals surface area (Å²) < 4.78 is 5.48. The van der Waals surface area contributed by atoms with E-state index in [0.717, 1.165) is 5.56 Å². The average Bonchev–Trinajstić information content (AvgIpc) is 2.63. The number of rotatable bonds is 2. The smallest absolute Gasteiger partial charge is 0.272 e. The number of carbonyl (C=O) groups excluding carboxylic acids is 1. The molecule has 1 aliphatic heterocycles. The molecule has 3 heteroatoms. The van der Waals surface area contributed by atoms with Gasteiger partial charge in [0.1, 0.15) is 5.76 Å². The Balaban J connectivity index is 1.86. The van der Waals surface area contributed by atoms with Gasteiger partial charge < -0.3 is 9.84 Å². The van der Waals surface area contributed by atoms with Crippen molar-refractivity contribution in [2.24, 2.45) is 5.92 Å². The largest absolute Gasteiger partial charge is 0.458 e. The Morgan fingerprint density at radius 2 is 2.11 bits per heavy atom. The lowest BCUT2D eigenvalue weighted by Gasteiger charge is -2.20. The summed E-state index contributed by atoms with van der Waals surface area (Å²) in [6.07, 6.45) is 6.34. The van der Waals surface area contributed by atoms with Gasteiger partial charge in [-0.2, -0.15) is 0 Å². The number of ether oxygens (including phenoxy) is 1. The minimum atomic E-state index is -1.70. The van der Waals surface area contributed by atoms with Crippen molar-refractivity contribution in [3.63, 3.8) is 0 Å². The molecule has 2 atom stereocenters. The van der Waals surface area contributed by atoms with Gasteiger partial charge in [0.15, 0.2) is 0 Å². The molecule has 0 spiro atoms. The topological polar surface area (TPSA) is 46.5 Å². The molecule has 1 heterocycles. The Morgan fingerprint density at radius 1 is 1.33 bits per heavy atom. The third-order valence-corrected chi connectivity index (χ3v) is 3.39. The van der Waals surface area contributed by atoms with Gasteiger partial charge in [-0.3, -0.25) is 4.79 Å². The van der Waals surface area contributed by atoms with Crippen LogP contribution >= 0.6 is 0 Å². The van der Waals surface area contributed by atoms with Crippen LogP contribution in [-0.2, 0) is 16.0 Å². The van der Waals surface area contributed by atoms with Crippen molar-refractivity contribution in [2.75, 3.05) is 0 Å². The van der Waals surface area contributed by atoms with Gasteiger partial charge in [0.05, 0.1) is 5.92 Å². The minimum absolute atomic E-state index is 0.195.